The Labute approximate surface area is 176 Å². The first-order chi connectivity index (χ1) is 14.7. The molecule has 0 amide bonds. The minimum absolute atomic E-state index is 0.217. The summed E-state index contributed by atoms with van der Waals surface area (Å²) in [5, 5.41) is 0. The zero-order valence-corrected chi connectivity index (χ0v) is 16.9. The predicted molar refractivity (Wildman–Crippen MR) is 115 cm³/mol. The fourth-order valence-electron chi connectivity index (χ4n) is 2.73. The number of hydrogen-bond acceptors (Lipinski definition) is 5. The molecule has 0 aliphatic heterocycles. The number of carbonyl (C=O) groups excluding carboxylic acids is 2. The maximum absolute atomic E-state index is 12.0. The molecule has 0 unspecified atom stereocenters. The van der Waals surface area contributed by atoms with E-state index in [2.05, 4.69) is 0 Å². The normalized spacial score (nSPS) is 10.3. The zero-order valence-electron chi connectivity index (χ0n) is 16.9. The van der Waals surface area contributed by atoms with Gasteiger partial charge in [0.15, 0.2) is 6.61 Å². The molecule has 0 spiro atoms. The molecule has 5 heteroatoms. The van der Waals surface area contributed by atoms with Crippen LogP contribution >= 0.6 is 0 Å². The van der Waals surface area contributed by atoms with Crippen molar-refractivity contribution in [1.82, 2.24) is 0 Å². The van der Waals surface area contributed by atoms with Crippen LogP contribution in [-0.4, -0.2) is 25.2 Å². The molecule has 0 atom stereocenters. The number of esters is 2. The van der Waals surface area contributed by atoms with Crippen LogP contribution in [0.2, 0.25) is 0 Å². The Morgan fingerprint density at radius 3 is 2.07 bits per heavy atom. The highest BCUT2D eigenvalue weighted by Crippen LogP contribution is 2.22. The summed E-state index contributed by atoms with van der Waals surface area (Å²) in [4.78, 5) is 23.9. The van der Waals surface area contributed by atoms with Gasteiger partial charge in [-0.3, -0.25) is 0 Å². The Morgan fingerprint density at radius 1 is 0.767 bits per heavy atom. The first kappa shape index (κ1) is 21.1. The van der Waals surface area contributed by atoms with Crippen molar-refractivity contribution in [2.45, 2.75) is 19.8 Å². The standard InChI is InChI=1S/C25H24O5/c1-2-3-17-28-25(27)21-11-15-23(16-12-21)30-24(26)18-29-22-13-9-20(10-14-22)19-7-5-4-6-8-19/h4-16H,2-3,17-18H2,1H3. The van der Waals surface area contributed by atoms with Crippen LogP contribution in [0.4, 0.5) is 0 Å². The van der Waals surface area contributed by atoms with Crippen molar-refractivity contribution in [1.29, 1.82) is 0 Å². The Bertz CT molecular complexity index is 947. The molecule has 3 aromatic rings. The van der Waals surface area contributed by atoms with Crippen LogP contribution < -0.4 is 9.47 Å². The third kappa shape index (κ3) is 6.21. The van der Waals surface area contributed by atoms with Crippen LogP contribution in [0.5, 0.6) is 11.5 Å². The summed E-state index contributed by atoms with van der Waals surface area (Å²) in [7, 11) is 0. The van der Waals surface area contributed by atoms with Gasteiger partial charge < -0.3 is 14.2 Å². The average molecular weight is 404 g/mol. The fourth-order valence-corrected chi connectivity index (χ4v) is 2.73. The van der Waals surface area contributed by atoms with E-state index in [1.165, 1.54) is 0 Å². The van der Waals surface area contributed by atoms with Crippen LogP contribution in [0, 0.1) is 0 Å². The second kappa shape index (κ2) is 10.8. The van der Waals surface area contributed by atoms with Gasteiger partial charge in [-0.05, 0) is 53.9 Å². The molecular formula is C25H24O5. The van der Waals surface area contributed by atoms with E-state index in [0.29, 0.717) is 23.7 Å². The number of rotatable bonds is 9. The molecule has 0 radical (unpaired) electrons. The van der Waals surface area contributed by atoms with Crippen LogP contribution in [0.25, 0.3) is 11.1 Å². The van der Waals surface area contributed by atoms with Gasteiger partial charge in [-0.25, -0.2) is 9.59 Å². The van der Waals surface area contributed by atoms with Crippen molar-refractivity contribution in [3.05, 3.63) is 84.4 Å². The van der Waals surface area contributed by atoms with Gasteiger partial charge >= 0.3 is 11.9 Å². The highest BCUT2D eigenvalue weighted by Gasteiger charge is 2.10. The van der Waals surface area contributed by atoms with E-state index < -0.39 is 5.97 Å². The van der Waals surface area contributed by atoms with Crippen LogP contribution in [0.3, 0.4) is 0 Å². The Balaban J connectivity index is 1.47. The van der Waals surface area contributed by atoms with Gasteiger partial charge in [-0.15, -0.1) is 0 Å². The lowest BCUT2D eigenvalue weighted by Crippen LogP contribution is -2.17. The maximum Gasteiger partial charge on any atom is 0.349 e. The lowest BCUT2D eigenvalue weighted by atomic mass is 10.1. The number of hydrogen-bond donors (Lipinski definition) is 0. The second-order valence-electron chi connectivity index (χ2n) is 6.67. The Morgan fingerprint density at radius 2 is 1.40 bits per heavy atom. The van der Waals surface area contributed by atoms with E-state index in [1.54, 1.807) is 24.3 Å². The van der Waals surface area contributed by atoms with Crippen molar-refractivity contribution in [3.63, 3.8) is 0 Å². The summed E-state index contributed by atoms with van der Waals surface area (Å²) in [6.07, 6.45) is 1.79. The van der Waals surface area contributed by atoms with Gasteiger partial charge in [-0.1, -0.05) is 55.8 Å². The van der Waals surface area contributed by atoms with E-state index in [9.17, 15) is 9.59 Å². The fraction of sp³-hybridized carbons (Fsp3) is 0.200. The SMILES string of the molecule is CCCCOC(=O)c1ccc(OC(=O)COc2ccc(-c3ccccc3)cc2)cc1. The molecule has 0 aromatic heterocycles. The van der Waals surface area contributed by atoms with Gasteiger partial charge in [-0.2, -0.15) is 0 Å². The minimum atomic E-state index is -0.527. The molecule has 5 nitrogen and oxygen atoms in total. The van der Waals surface area contributed by atoms with Gasteiger partial charge in [0.2, 0.25) is 0 Å². The van der Waals surface area contributed by atoms with Crippen molar-refractivity contribution >= 4 is 11.9 Å². The minimum Gasteiger partial charge on any atom is -0.482 e. The number of unbranched alkanes of at least 4 members (excludes halogenated alkanes) is 1. The summed E-state index contributed by atoms with van der Waals surface area (Å²) >= 11 is 0. The summed E-state index contributed by atoms with van der Waals surface area (Å²) < 4.78 is 15.9. The van der Waals surface area contributed by atoms with Gasteiger partial charge in [0.25, 0.3) is 0 Å². The van der Waals surface area contributed by atoms with Crippen LogP contribution in [0.1, 0.15) is 30.1 Å². The van der Waals surface area contributed by atoms with Gasteiger partial charge in [0, 0.05) is 0 Å². The third-order valence-corrected chi connectivity index (χ3v) is 4.37. The van der Waals surface area contributed by atoms with Crippen LogP contribution in [0.15, 0.2) is 78.9 Å². The maximum atomic E-state index is 12.0. The summed E-state index contributed by atoms with van der Waals surface area (Å²) in [5.41, 5.74) is 2.60. The summed E-state index contributed by atoms with van der Waals surface area (Å²) in [5.74, 6) is 0.00829. The average Bonchev–Trinajstić information content (AvgIpc) is 2.79. The number of benzene rings is 3. The Hall–Kier alpha value is -3.60. The molecule has 0 N–H and O–H groups in total. The first-order valence-electron chi connectivity index (χ1n) is 9.92. The van der Waals surface area contributed by atoms with E-state index in [-0.39, 0.29) is 12.6 Å². The predicted octanol–water partition coefficient (Wildman–Crippen LogP) is 5.29. The molecule has 0 aliphatic rings. The molecule has 0 saturated carbocycles. The third-order valence-electron chi connectivity index (χ3n) is 4.37. The molecule has 0 heterocycles. The van der Waals surface area contributed by atoms with E-state index in [0.717, 1.165) is 24.0 Å². The number of ether oxygens (including phenoxy) is 3. The van der Waals surface area contributed by atoms with E-state index in [1.807, 2.05) is 61.5 Å². The molecule has 154 valence electrons. The van der Waals surface area contributed by atoms with Crippen molar-refractivity contribution < 1.29 is 23.8 Å². The van der Waals surface area contributed by atoms with Crippen LogP contribution in [-0.2, 0) is 9.53 Å². The molecule has 0 aliphatic carbocycles. The molecule has 0 saturated heterocycles. The number of carbonyl (C=O) groups is 2. The molecule has 30 heavy (non-hydrogen) atoms. The molecular weight excluding hydrogens is 380 g/mol. The smallest absolute Gasteiger partial charge is 0.349 e. The van der Waals surface area contributed by atoms with E-state index in [4.69, 9.17) is 14.2 Å². The van der Waals surface area contributed by atoms with Crippen molar-refractivity contribution in [2.24, 2.45) is 0 Å². The van der Waals surface area contributed by atoms with E-state index >= 15 is 0 Å². The second-order valence-corrected chi connectivity index (χ2v) is 6.67. The van der Waals surface area contributed by atoms with Crippen molar-refractivity contribution in [2.75, 3.05) is 13.2 Å². The molecule has 3 aromatic carbocycles. The lowest BCUT2D eigenvalue weighted by Gasteiger charge is -2.08. The van der Waals surface area contributed by atoms with Crippen molar-refractivity contribution in [3.8, 4) is 22.6 Å². The summed E-state index contributed by atoms with van der Waals surface area (Å²) in [6.45, 7) is 2.21. The molecule has 0 fully saturated rings. The quantitative estimate of drug-likeness (QED) is 0.275. The zero-order chi connectivity index (χ0) is 21.2. The molecule has 0 bridgehead atoms. The molecule has 3 rings (SSSR count). The monoisotopic (exact) mass is 404 g/mol. The lowest BCUT2D eigenvalue weighted by molar-refractivity contribution is -0.136. The van der Waals surface area contributed by atoms with Gasteiger partial charge in [0.1, 0.15) is 11.5 Å². The Kier molecular flexibility index (Phi) is 7.61. The highest BCUT2D eigenvalue weighted by molar-refractivity contribution is 5.89. The largest absolute Gasteiger partial charge is 0.482 e. The van der Waals surface area contributed by atoms with Gasteiger partial charge in [0.05, 0.1) is 12.2 Å². The highest BCUT2D eigenvalue weighted by atomic mass is 16.6. The summed E-state index contributed by atoms with van der Waals surface area (Å²) in [6, 6.07) is 23.8. The topological polar surface area (TPSA) is 61.8 Å². The first-order valence-corrected chi connectivity index (χ1v) is 9.92.